The van der Waals surface area contributed by atoms with Crippen molar-refractivity contribution in [3.05, 3.63) is 35.4 Å². The average molecular weight is 218 g/mol. The van der Waals surface area contributed by atoms with Gasteiger partial charge in [-0.2, -0.15) is 0 Å². The van der Waals surface area contributed by atoms with Crippen LogP contribution in [0.4, 0.5) is 0 Å². The highest BCUT2D eigenvalue weighted by Gasteiger charge is 2.24. The average Bonchev–Trinajstić information content (AvgIpc) is 2.81. The van der Waals surface area contributed by atoms with Crippen LogP contribution in [0.1, 0.15) is 54.6 Å². The second-order valence-electron chi connectivity index (χ2n) is 4.67. The molecule has 1 aromatic rings. The maximum Gasteiger partial charge on any atom is 0.159 e. The predicted molar refractivity (Wildman–Crippen MR) is 63.4 cm³/mol. The molecular formula is C14H18O2. The van der Waals surface area contributed by atoms with Crippen molar-refractivity contribution >= 4 is 5.78 Å². The minimum atomic E-state index is -0.358. The Morgan fingerprint density at radius 3 is 2.31 bits per heavy atom. The SMILES string of the molecule is CC(=O)c1ccc(C(O)C2CCCC2)cc1. The van der Waals surface area contributed by atoms with Crippen molar-refractivity contribution in [2.24, 2.45) is 5.92 Å². The van der Waals surface area contributed by atoms with Gasteiger partial charge in [0, 0.05) is 5.56 Å². The molecule has 0 heterocycles. The minimum absolute atomic E-state index is 0.0712. The fourth-order valence-electron chi connectivity index (χ4n) is 2.46. The Morgan fingerprint density at radius 2 is 1.81 bits per heavy atom. The molecule has 0 amide bonds. The van der Waals surface area contributed by atoms with Crippen molar-refractivity contribution in [1.82, 2.24) is 0 Å². The number of carbonyl (C=O) groups is 1. The quantitative estimate of drug-likeness (QED) is 0.791. The molecule has 1 fully saturated rings. The molecule has 86 valence electrons. The number of ketones is 1. The van der Waals surface area contributed by atoms with Crippen LogP contribution in [-0.4, -0.2) is 10.9 Å². The zero-order valence-corrected chi connectivity index (χ0v) is 9.65. The van der Waals surface area contributed by atoms with Gasteiger partial charge in [0.05, 0.1) is 6.10 Å². The Kier molecular flexibility index (Phi) is 3.39. The molecule has 1 saturated carbocycles. The lowest BCUT2D eigenvalue weighted by molar-refractivity contribution is 0.101. The van der Waals surface area contributed by atoms with Crippen LogP contribution in [0.2, 0.25) is 0 Å². The van der Waals surface area contributed by atoms with Crippen molar-refractivity contribution in [1.29, 1.82) is 0 Å². The van der Waals surface area contributed by atoms with E-state index in [1.807, 2.05) is 12.1 Å². The third-order valence-corrected chi connectivity index (χ3v) is 3.51. The first-order valence-electron chi connectivity index (χ1n) is 5.97. The fourth-order valence-corrected chi connectivity index (χ4v) is 2.46. The van der Waals surface area contributed by atoms with Gasteiger partial charge in [-0.25, -0.2) is 0 Å². The summed E-state index contributed by atoms with van der Waals surface area (Å²) in [6, 6.07) is 7.35. The second kappa shape index (κ2) is 4.79. The van der Waals surface area contributed by atoms with Crippen molar-refractivity contribution < 1.29 is 9.90 Å². The van der Waals surface area contributed by atoms with Crippen LogP contribution in [0.3, 0.4) is 0 Å². The molecule has 0 radical (unpaired) electrons. The lowest BCUT2D eigenvalue weighted by atomic mass is 9.93. The summed E-state index contributed by atoms with van der Waals surface area (Å²) < 4.78 is 0. The first-order chi connectivity index (χ1) is 7.68. The fraction of sp³-hybridized carbons (Fsp3) is 0.500. The minimum Gasteiger partial charge on any atom is -0.388 e. The van der Waals surface area contributed by atoms with Gasteiger partial charge in [0.15, 0.2) is 5.78 Å². The van der Waals surface area contributed by atoms with E-state index in [9.17, 15) is 9.90 Å². The zero-order valence-electron chi connectivity index (χ0n) is 9.65. The van der Waals surface area contributed by atoms with Crippen LogP contribution in [0, 0.1) is 5.92 Å². The maximum atomic E-state index is 11.1. The van der Waals surface area contributed by atoms with Gasteiger partial charge in [0.1, 0.15) is 0 Å². The van der Waals surface area contributed by atoms with Gasteiger partial charge in [0.25, 0.3) is 0 Å². The molecule has 1 aliphatic rings. The molecule has 0 bridgehead atoms. The van der Waals surface area contributed by atoms with Crippen LogP contribution in [0.15, 0.2) is 24.3 Å². The molecule has 0 aliphatic heterocycles. The summed E-state index contributed by atoms with van der Waals surface area (Å²) in [5.74, 6) is 0.477. The smallest absolute Gasteiger partial charge is 0.159 e. The van der Waals surface area contributed by atoms with E-state index < -0.39 is 0 Å². The number of benzene rings is 1. The highest BCUT2D eigenvalue weighted by Crippen LogP contribution is 2.35. The molecule has 0 aromatic heterocycles. The highest BCUT2D eigenvalue weighted by molar-refractivity contribution is 5.94. The van der Waals surface area contributed by atoms with Crippen LogP contribution in [0.5, 0.6) is 0 Å². The van der Waals surface area contributed by atoms with E-state index in [-0.39, 0.29) is 11.9 Å². The molecule has 1 aromatic carbocycles. The number of carbonyl (C=O) groups excluding carboxylic acids is 1. The number of Topliss-reactive ketones (excluding diaryl/α,β-unsaturated/α-hetero) is 1. The third-order valence-electron chi connectivity index (χ3n) is 3.51. The van der Waals surface area contributed by atoms with E-state index in [0.717, 1.165) is 18.4 Å². The molecule has 2 heteroatoms. The van der Waals surface area contributed by atoms with Crippen molar-refractivity contribution in [2.75, 3.05) is 0 Å². The van der Waals surface area contributed by atoms with Gasteiger partial charge < -0.3 is 5.11 Å². The van der Waals surface area contributed by atoms with Gasteiger partial charge in [-0.1, -0.05) is 37.1 Å². The van der Waals surface area contributed by atoms with Crippen LogP contribution >= 0.6 is 0 Å². The largest absolute Gasteiger partial charge is 0.388 e. The molecule has 0 saturated heterocycles. The van der Waals surface area contributed by atoms with Crippen molar-refractivity contribution in [3.63, 3.8) is 0 Å². The summed E-state index contributed by atoms with van der Waals surface area (Å²) in [4.78, 5) is 11.1. The Labute approximate surface area is 96.3 Å². The topological polar surface area (TPSA) is 37.3 Å². The van der Waals surface area contributed by atoms with Crippen LogP contribution < -0.4 is 0 Å². The molecular weight excluding hydrogens is 200 g/mol. The first kappa shape index (κ1) is 11.3. The predicted octanol–water partition coefficient (Wildman–Crippen LogP) is 3.11. The number of hydrogen-bond acceptors (Lipinski definition) is 2. The highest BCUT2D eigenvalue weighted by atomic mass is 16.3. The van der Waals surface area contributed by atoms with E-state index in [4.69, 9.17) is 0 Å². The molecule has 1 N–H and O–H groups in total. The summed E-state index contributed by atoms with van der Waals surface area (Å²) in [7, 11) is 0. The Morgan fingerprint density at radius 1 is 1.25 bits per heavy atom. The van der Waals surface area contributed by atoms with Crippen molar-refractivity contribution in [3.8, 4) is 0 Å². The van der Waals surface area contributed by atoms with Gasteiger partial charge in [-0.15, -0.1) is 0 Å². The summed E-state index contributed by atoms with van der Waals surface area (Å²) >= 11 is 0. The standard InChI is InChI=1S/C14H18O2/c1-10(15)11-6-8-13(9-7-11)14(16)12-4-2-3-5-12/h6-9,12,14,16H,2-5H2,1H3. The summed E-state index contributed by atoms with van der Waals surface area (Å²) in [5.41, 5.74) is 1.65. The van der Waals surface area contributed by atoms with Gasteiger partial charge in [-0.3, -0.25) is 4.79 Å². The molecule has 2 nitrogen and oxygen atoms in total. The summed E-state index contributed by atoms with van der Waals surface area (Å²) in [5, 5.41) is 10.2. The molecule has 1 atom stereocenters. The van der Waals surface area contributed by atoms with Gasteiger partial charge in [-0.05, 0) is 31.2 Å². The van der Waals surface area contributed by atoms with Crippen LogP contribution in [0.25, 0.3) is 0 Å². The maximum absolute atomic E-state index is 11.1. The first-order valence-corrected chi connectivity index (χ1v) is 5.97. The monoisotopic (exact) mass is 218 g/mol. The molecule has 1 unspecified atom stereocenters. The molecule has 16 heavy (non-hydrogen) atoms. The lowest BCUT2D eigenvalue weighted by Crippen LogP contribution is -2.09. The number of hydrogen-bond donors (Lipinski definition) is 1. The lowest BCUT2D eigenvalue weighted by Gasteiger charge is -2.18. The van der Waals surface area contributed by atoms with Gasteiger partial charge >= 0.3 is 0 Å². The van der Waals surface area contributed by atoms with Crippen molar-refractivity contribution in [2.45, 2.75) is 38.7 Å². The third kappa shape index (κ3) is 2.33. The Bertz CT molecular complexity index is 361. The van der Waals surface area contributed by atoms with E-state index in [1.54, 1.807) is 19.1 Å². The van der Waals surface area contributed by atoms with E-state index in [0.29, 0.717) is 11.5 Å². The number of rotatable bonds is 3. The molecule has 1 aliphatic carbocycles. The Balaban J connectivity index is 2.11. The van der Waals surface area contributed by atoms with Gasteiger partial charge in [0.2, 0.25) is 0 Å². The van der Waals surface area contributed by atoms with Crippen LogP contribution in [-0.2, 0) is 0 Å². The number of aliphatic hydroxyl groups excluding tert-OH is 1. The number of aliphatic hydroxyl groups is 1. The molecule has 2 rings (SSSR count). The van der Waals surface area contributed by atoms with E-state index in [2.05, 4.69) is 0 Å². The van der Waals surface area contributed by atoms with E-state index in [1.165, 1.54) is 12.8 Å². The normalized spacial score (nSPS) is 18.6. The zero-order chi connectivity index (χ0) is 11.5. The molecule has 0 spiro atoms. The second-order valence-corrected chi connectivity index (χ2v) is 4.67. The summed E-state index contributed by atoms with van der Waals surface area (Å²) in [6.45, 7) is 1.56. The van der Waals surface area contributed by atoms with E-state index >= 15 is 0 Å². The Hall–Kier alpha value is -1.15. The summed E-state index contributed by atoms with van der Waals surface area (Å²) in [6.07, 6.45) is 4.34.